The molecular formula is C40H24BNO3. The van der Waals surface area contributed by atoms with Crippen molar-refractivity contribution in [3.05, 3.63) is 146 Å². The molecule has 3 heterocycles. The van der Waals surface area contributed by atoms with Crippen molar-refractivity contribution in [3.8, 4) is 23.0 Å². The topological polar surface area (TPSA) is 34.8 Å². The van der Waals surface area contributed by atoms with Crippen LogP contribution in [0.2, 0.25) is 0 Å². The number of hydrogen-bond acceptors (Lipinski definition) is 4. The van der Waals surface area contributed by atoms with Crippen molar-refractivity contribution in [2.45, 2.75) is 0 Å². The molecule has 0 saturated heterocycles. The van der Waals surface area contributed by atoms with Gasteiger partial charge in [0.1, 0.15) is 22.8 Å². The number of benzene rings is 7. The van der Waals surface area contributed by atoms with Crippen molar-refractivity contribution in [2.75, 3.05) is 4.90 Å². The first-order chi connectivity index (χ1) is 22.3. The highest BCUT2D eigenvalue weighted by atomic mass is 16.5. The molecule has 0 aliphatic carbocycles. The average molecular weight is 577 g/mol. The predicted molar refractivity (Wildman–Crippen MR) is 184 cm³/mol. The van der Waals surface area contributed by atoms with Crippen molar-refractivity contribution in [1.82, 2.24) is 0 Å². The first kappa shape index (κ1) is 24.5. The Morgan fingerprint density at radius 2 is 1.22 bits per heavy atom. The standard InChI is InChI=1S/C40H24BNO3/c1-2-12-26(13-3-1)42(33-16-8-11-25-10-4-5-14-28(25)33)27-20-21-29-30-22-23-32-40(39(30)45-37(29)24-27)44-36-19-9-18-35-38(36)41(32)31-15-6-7-17-34(31)43-35/h1-24H. The van der Waals surface area contributed by atoms with Crippen LogP contribution in [0.3, 0.4) is 0 Å². The third kappa shape index (κ3) is 3.55. The minimum atomic E-state index is -0.00185. The minimum absolute atomic E-state index is 0.00185. The number of rotatable bonds is 3. The number of furan rings is 1. The molecule has 0 radical (unpaired) electrons. The maximum atomic E-state index is 6.76. The van der Waals surface area contributed by atoms with Gasteiger partial charge in [-0.1, -0.05) is 91.0 Å². The van der Waals surface area contributed by atoms with Crippen molar-refractivity contribution < 1.29 is 13.9 Å². The molecule has 7 aromatic carbocycles. The molecule has 45 heavy (non-hydrogen) atoms. The van der Waals surface area contributed by atoms with E-state index in [4.69, 9.17) is 13.9 Å². The molecule has 2 aliphatic rings. The lowest BCUT2D eigenvalue weighted by Gasteiger charge is -2.32. The van der Waals surface area contributed by atoms with Gasteiger partial charge >= 0.3 is 0 Å². The van der Waals surface area contributed by atoms with E-state index in [-0.39, 0.29) is 6.71 Å². The summed E-state index contributed by atoms with van der Waals surface area (Å²) >= 11 is 0. The third-order valence-corrected chi connectivity index (χ3v) is 9.18. The van der Waals surface area contributed by atoms with E-state index in [2.05, 4.69) is 114 Å². The summed E-state index contributed by atoms with van der Waals surface area (Å²) in [5.74, 6) is 3.29. The molecule has 0 saturated carbocycles. The Labute approximate surface area is 259 Å². The Hall–Kier alpha value is -5.94. The molecular weight excluding hydrogens is 553 g/mol. The molecule has 8 aromatic rings. The maximum absolute atomic E-state index is 6.76. The highest BCUT2D eigenvalue weighted by Gasteiger charge is 2.41. The van der Waals surface area contributed by atoms with Crippen LogP contribution in [0.5, 0.6) is 23.0 Å². The van der Waals surface area contributed by atoms with E-state index < -0.39 is 0 Å². The van der Waals surface area contributed by atoms with Gasteiger partial charge in [-0.05, 0) is 64.8 Å². The number of nitrogens with zero attached hydrogens (tertiary/aromatic N) is 1. The molecule has 0 bridgehead atoms. The first-order valence-electron chi connectivity index (χ1n) is 15.2. The van der Waals surface area contributed by atoms with Crippen LogP contribution in [0.4, 0.5) is 17.1 Å². The summed E-state index contributed by atoms with van der Waals surface area (Å²) in [5, 5.41) is 4.47. The van der Waals surface area contributed by atoms with E-state index in [1.807, 2.05) is 36.4 Å². The van der Waals surface area contributed by atoms with E-state index >= 15 is 0 Å². The number of ether oxygens (including phenoxy) is 2. The Balaban J connectivity index is 1.18. The maximum Gasteiger partial charge on any atom is 0.260 e. The summed E-state index contributed by atoms with van der Waals surface area (Å²) in [5.41, 5.74) is 8.06. The van der Waals surface area contributed by atoms with Crippen LogP contribution in [0.1, 0.15) is 0 Å². The smallest absolute Gasteiger partial charge is 0.260 e. The SMILES string of the molecule is c1ccc(N(c2ccc3c(c2)oc2c4c(ccc23)B2c3ccccc3Oc3cccc(c32)O4)c2cccc3ccccc23)cc1. The quantitative estimate of drug-likeness (QED) is 0.197. The van der Waals surface area contributed by atoms with E-state index in [0.29, 0.717) is 0 Å². The molecule has 0 fully saturated rings. The normalized spacial score (nSPS) is 12.8. The van der Waals surface area contributed by atoms with Crippen LogP contribution in [-0.2, 0) is 0 Å². The summed E-state index contributed by atoms with van der Waals surface area (Å²) in [6.07, 6.45) is 0. The van der Waals surface area contributed by atoms with Crippen LogP contribution >= 0.6 is 0 Å². The highest BCUT2D eigenvalue weighted by molar-refractivity contribution is 6.98. The third-order valence-electron chi connectivity index (χ3n) is 9.18. The fraction of sp³-hybridized carbons (Fsp3) is 0. The lowest BCUT2D eigenvalue weighted by molar-refractivity contribution is 0.461. The number of anilines is 3. The zero-order valence-corrected chi connectivity index (χ0v) is 24.1. The second kappa shape index (κ2) is 9.28. The molecule has 4 nitrogen and oxygen atoms in total. The summed E-state index contributed by atoms with van der Waals surface area (Å²) in [4.78, 5) is 2.30. The Bertz CT molecular complexity index is 2460. The molecule has 10 rings (SSSR count). The summed E-state index contributed by atoms with van der Waals surface area (Å²) in [6, 6.07) is 50.6. The Morgan fingerprint density at radius 1 is 0.489 bits per heavy atom. The van der Waals surface area contributed by atoms with Gasteiger partial charge in [0.2, 0.25) is 0 Å². The summed E-state index contributed by atoms with van der Waals surface area (Å²) in [6.45, 7) is -0.00185. The van der Waals surface area contributed by atoms with Crippen LogP contribution < -0.4 is 30.8 Å². The average Bonchev–Trinajstić information content (AvgIpc) is 3.47. The van der Waals surface area contributed by atoms with E-state index in [1.165, 1.54) is 10.8 Å². The van der Waals surface area contributed by atoms with E-state index in [0.717, 1.165) is 78.4 Å². The van der Waals surface area contributed by atoms with Gasteiger partial charge in [0, 0.05) is 39.1 Å². The zero-order chi connectivity index (χ0) is 29.5. The largest absolute Gasteiger partial charge is 0.458 e. The number of para-hydroxylation sites is 2. The molecule has 0 spiro atoms. The molecule has 2 aliphatic heterocycles. The van der Waals surface area contributed by atoms with Gasteiger partial charge in [0.15, 0.2) is 11.3 Å². The first-order valence-corrected chi connectivity index (χ1v) is 15.2. The molecule has 1 aromatic heterocycles. The summed E-state index contributed by atoms with van der Waals surface area (Å²) < 4.78 is 19.7. The molecule has 0 N–H and O–H groups in total. The Morgan fingerprint density at radius 3 is 2.16 bits per heavy atom. The fourth-order valence-electron chi connectivity index (χ4n) is 7.20. The van der Waals surface area contributed by atoms with Gasteiger partial charge in [-0.15, -0.1) is 0 Å². The van der Waals surface area contributed by atoms with E-state index in [9.17, 15) is 0 Å². The van der Waals surface area contributed by atoms with Crippen LogP contribution in [0.25, 0.3) is 32.7 Å². The minimum Gasteiger partial charge on any atom is -0.458 e. The fourth-order valence-corrected chi connectivity index (χ4v) is 7.20. The molecule has 0 atom stereocenters. The lowest BCUT2D eigenvalue weighted by atomic mass is 9.35. The number of hydrogen-bond donors (Lipinski definition) is 0. The summed E-state index contributed by atoms with van der Waals surface area (Å²) in [7, 11) is 0. The predicted octanol–water partition coefficient (Wildman–Crippen LogP) is 8.94. The van der Waals surface area contributed by atoms with Crippen molar-refractivity contribution in [2.24, 2.45) is 0 Å². The van der Waals surface area contributed by atoms with Gasteiger partial charge < -0.3 is 18.8 Å². The Kier molecular flexibility index (Phi) is 5.05. The van der Waals surface area contributed by atoms with Gasteiger partial charge in [0.25, 0.3) is 6.71 Å². The molecule has 0 unspecified atom stereocenters. The molecule has 5 heteroatoms. The van der Waals surface area contributed by atoms with Crippen molar-refractivity contribution >= 4 is 72.9 Å². The lowest BCUT2D eigenvalue weighted by Crippen LogP contribution is -2.57. The number of fused-ring (bicyclic) bond motifs is 9. The monoisotopic (exact) mass is 577 g/mol. The van der Waals surface area contributed by atoms with E-state index in [1.54, 1.807) is 0 Å². The van der Waals surface area contributed by atoms with Crippen LogP contribution in [-0.4, -0.2) is 6.71 Å². The van der Waals surface area contributed by atoms with Gasteiger partial charge in [-0.2, -0.15) is 0 Å². The van der Waals surface area contributed by atoms with Crippen molar-refractivity contribution in [1.29, 1.82) is 0 Å². The van der Waals surface area contributed by atoms with Crippen LogP contribution in [0.15, 0.2) is 150 Å². The zero-order valence-electron chi connectivity index (χ0n) is 24.1. The highest BCUT2D eigenvalue weighted by Crippen LogP contribution is 2.44. The van der Waals surface area contributed by atoms with Crippen LogP contribution in [0, 0.1) is 0 Å². The molecule has 210 valence electrons. The van der Waals surface area contributed by atoms with Gasteiger partial charge in [-0.25, -0.2) is 0 Å². The van der Waals surface area contributed by atoms with Crippen molar-refractivity contribution in [3.63, 3.8) is 0 Å². The molecule has 0 amide bonds. The van der Waals surface area contributed by atoms with Gasteiger partial charge in [0.05, 0.1) is 5.69 Å². The second-order valence-corrected chi connectivity index (χ2v) is 11.7. The second-order valence-electron chi connectivity index (χ2n) is 11.7. The van der Waals surface area contributed by atoms with Gasteiger partial charge in [-0.3, -0.25) is 0 Å².